The zero-order chi connectivity index (χ0) is 16.5. The van der Waals surface area contributed by atoms with Crippen molar-refractivity contribution in [2.75, 3.05) is 6.61 Å². The fourth-order valence-electron chi connectivity index (χ4n) is 3.76. The van der Waals surface area contributed by atoms with Gasteiger partial charge in [-0.25, -0.2) is 0 Å². The molecule has 2 aromatic rings. The Balaban J connectivity index is 0.00000157. The number of halogens is 1. The van der Waals surface area contributed by atoms with E-state index in [0.717, 1.165) is 28.2 Å². The molecule has 0 amide bonds. The van der Waals surface area contributed by atoms with Crippen LogP contribution in [0.4, 0.5) is 0 Å². The third-order valence-electron chi connectivity index (χ3n) is 4.94. The molecule has 0 saturated heterocycles. The van der Waals surface area contributed by atoms with Gasteiger partial charge >= 0.3 is 0 Å². The molecule has 4 nitrogen and oxygen atoms in total. The average molecular weight is 359 g/mol. The number of hydrogen-bond acceptors (Lipinski definition) is 4. The second-order valence-electron chi connectivity index (χ2n) is 7.11. The van der Waals surface area contributed by atoms with Crippen molar-refractivity contribution in [2.24, 2.45) is 0 Å². The van der Waals surface area contributed by atoms with Gasteiger partial charge in [0.25, 0.3) is 0 Å². The standard InChI is InChI=1S/C20H18O4.ClH/c1-20(2)8-7-14-16(24-20)6-5-12-15-10-22-17-9-11(21)3-4-13(17)19(15)23-18(12)14;/h3-9,15,19,21H,10H2,1-2H3;1H. The van der Waals surface area contributed by atoms with Crippen LogP contribution >= 0.6 is 12.4 Å². The number of benzene rings is 2. The van der Waals surface area contributed by atoms with Gasteiger partial charge in [0.2, 0.25) is 0 Å². The molecule has 0 radical (unpaired) electrons. The smallest absolute Gasteiger partial charge is 0.138 e. The van der Waals surface area contributed by atoms with Crippen molar-refractivity contribution in [1.82, 2.24) is 0 Å². The summed E-state index contributed by atoms with van der Waals surface area (Å²) in [5.41, 5.74) is 2.84. The van der Waals surface area contributed by atoms with Crippen LogP contribution in [-0.2, 0) is 0 Å². The molecule has 25 heavy (non-hydrogen) atoms. The minimum atomic E-state index is -0.306. The van der Waals surface area contributed by atoms with E-state index in [0.29, 0.717) is 12.4 Å². The Kier molecular flexibility index (Phi) is 3.45. The molecular weight excluding hydrogens is 340 g/mol. The van der Waals surface area contributed by atoms with Crippen molar-refractivity contribution in [3.8, 4) is 23.0 Å². The zero-order valence-electron chi connectivity index (χ0n) is 14.0. The van der Waals surface area contributed by atoms with Gasteiger partial charge in [-0.1, -0.05) is 6.07 Å². The molecule has 130 valence electrons. The predicted octanol–water partition coefficient (Wildman–Crippen LogP) is 4.61. The molecule has 5 heteroatoms. The molecule has 2 aromatic carbocycles. The Morgan fingerprint density at radius 3 is 2.72 bits per heavy atom. The molecule has 0 bridgehead atoms. The summed E-state index contributed by atoms with van der Waals surface area (Å²) >= 11 is 0. The summed E-state index contributed by atoms with van der Waals surface area (Å²) in [6, 6.07) is 9.33. The minimum Gasteiger partial charge on any atom is -0.508 e. The monoisotopic (exact) mass is 358 g/mol. The number of phenolic OH excluding ortho intramolecular Hbond substituents is 1. The lowest BCUT2D eigenvalue weighted by molar-refractivity contribution is 0.137. The summed E-state index contributed by atoms with van der Waals surface area (Å²) in [4.78, 5) is 0. The highest BCUT2D eigenvalue weighted by atomic mass is 35.5. The van der Waals surface area contributed by atoms with E-state index in [4.69, 9.17) is 14.2 Å². The van der Waals surface area contributed by atoms with Crippen LogP contribution in [0.1, 0.15) is 42.6 Å². The Labute approximate surface area is 152 Å². The number of rotatable bonds is 0. The Bertz CT molecular complexity index is 888. The normalized spacial score (nSPS) is 23.6. The molecule has 0 aromatic heterocycles. The van der Waals surface area contributed by atoms with E-state index < -0.39 is 0 Å². The maximum absolute atomic E-state index is 9.66. The first-order valence-corrected chi connectivity index (χ1v) is 8.19. The van der Waals surface area contributed by atoms with Gasteiger partial charge in [-0.2, -0.15) is 0 Å². The zero-order valence-corrected chi connectivity index (χ0v) is 14.8. The molecule has 5 rings (SSSR count). The molecule has 0 aliphatic carbocycles. The van der Waals surface area contributed by atoms with Gasteiger partial charge in [0, 0.05) is 17.2 Å². The molecule has 3 heterocycles. The van der Waals surface area contributed by atoms with Gasteiger partial charge in [-0.05, 0) is 44.2 Å². The largest absolute Gasteiger partial charge is 0.508 e. The highest BCUT2D eigenvalue weighted by Gasteiger charge is 2.42. The summed E-state index contributed by atoms with van der Waals surface area (Å²) in [5, 5.41) is 9.66. The van der Waals surface area contributed by atoms with E-state index in [-0.39, 0.29) is 35.8 Å². The number of hydrogen-bond donors (Lipinski definition) is 1. The first kappa shape index (κ1) is 16.2. The van der Waals surface area contributed by atoms with Gasteiger partial charge in [0.15, 0.2) is 0 Å². The highest BCUT2D eigenvalue weighted by molar-refractivity contribution is 5.85. The number of aromatic hydroxyl groups is 1. The van der Waals surface area contributed by atoms with Gasteiger partial charge in [-0.3, -0.25) is 0 Å². The summed E-state index contributed by atoms with van der Waals surface area (Å²) in [5.74, 6) is 2.81. The Hall–Kier alpha value is -2.33. The first-order chi connectivity index (χ1) is 11.5. The number of fused-ring (bicyclic) bond motifs is 7. The van der Waals surface area contributed by atoms with Crippen molar-refractivity contribution in [1.29, 1.82) is 0 Å². The van der Waals surface area contributed by atoms with Crippen molar-refractivity contribution >= 4 is 18.5 Å². The van der Waals surface area contributed by atoms with Crippen LogP contribution in [-0.4, -0.2) is 17.3 Å². The van der Waals surface area contributed by atoms with Crippen molar-refractivity contribution in [3.05, 3.63) is 53.1 Å². The van der Waals surface area contributed by atoms with E-state index in [9.17, 15) is 5.11 Å². The van der Waals surface area contributed by atoms with Crippen molar-refractivity contribution in [2.45, 2.75) is 31.5 Å². The van der Waals surface area contributed by atoms with E-state index in [1.54, 1.807) is 12.1 Å². The van der Waals surface area contributed by atoms with E-state index in [1.807, 2.05) is 26.0 Å². The van der Waals surface area contributed by atoms with Crippen LogP contribution in [0.2, 0.25) is 0 Å². The van der Waals surface area contributed by atoms with Crippen LogP contribution in [0.25, 0.3) is 6.08 Å². The quantitative estimate of drug-likeness (QED) is 0.747. The molecule has 0 saturated carbocycles. The molecule has 0 spiro atoms. The lowest BCUT2D eigenvalue weighted by Crippen LogP contribution is -2.27. The molecule has 3 aliphatic rings. The lowest BCUT2D eigenvalue weighted by atomic mass is 9.88. The van der Waals surface area contributed by atoms with Crippen molar-refractivity contribution < 1.29 is 19.3 Å². The SMILES string of the molecule is CC1(C)C=Cc2c(ccc3c2OC2c4ccc(O)cc4OCC32)O1.Cl. The van der Waals surface area contributed by atoms with Crippen molar-refractivity contribution in [3.63, 3.8) is 0 Å². The molecular formula is C20H19ClO4. The summed E-state index contributed by atoms with van der Waals surface area (Å²) in [6.45, 7) is 4.62. The Morgan fingerprint density at radius 1 is 1.08 bits per heavy atom. The third kappa shape index (κ3) is 2.35. The first-order valence-electron chi connectivity index (χ1n) is 8.19. The topological polar surface area (TPSA) is 47.9 Å². The molecule has 0 fully saturated rings. The van der Waals surface area contributed by atoms with Gasteiger partial charge in [-0.15, -0.1) is 12.4 Å². The van der Waals surface area contributed by atoms with Gasteiger partial charge in [0.1, 0.15) is 34.7 Å². The maximum atomic E-state index is 9.66. The van der Waals surface area contributed by atoms with Crippen LogP contribution in [0.5, 0.6) is 23.0 Å². The van der Waals surface area contributed by atoms with Gasteiger partial charge in [0.05, 0.1) is 18.1 Å². The van der Waals surface area contributed by atoms with E-state index >= 15 is 0 Å². The molecule has 3 aliphatic heterocycles. The lowest BCUT2D eigenvalue weighted by Gasteiger charge is -2.28. The fraction of sp³-hybridized carbons (Fsp3) is 0.300. The molecule has 2 unspecified atom stereocenters. The predicted molar refractivity (Wildman–Crippen MR) is 97.1 cm³/mol. The number of ether oxygens (including phenoxy) is 3. The molecule has 1 N–H and O–H groups in total. The van der Waals surface area contributed by atoms with Crippen LogP contribution in [0.15, 0.2) is 36.4 Å². The molecule has 2 atom stereocenters. The summed E-state index contributed by atoms with van der Waals surface area (Å²) in [6.07, 6.45) is 4.07. The van der Waals surface area contributed by atoms with E-state index in [2.05, 4.69) is 18.2 Å². The van der Waals surface area contributed by atoms with E-state index in [1.165, 1.54) is 0 Å². The van der Waals surface area contributed by atoms with Crippen LogP contribution in [0.3, 0.4) is 0 Å². The highest BCUT2D eigenvalue weighted by Crippen LogP contribution is 2.54. The van der Waals surface area contributed by atoms with Crippen LogP contribution in [0, 0.1) is 0 Å². The van der Waals surface area contributed by atoms with Crippen LogP contribution < -0.4 is 14.2 Å². The second kappa shape index (κ2) is 5.33. The summed E-state index contributed by atoms with van der Waals surface area (Å²) in [7, 11) is 0. The Morgan fingerprint density at radius 2 is 1.88 bits per heavy atom. The second-order valence-corrected chi connectivity index (χ2v) is 7.11. The maximum Gasteiger partial charge on any atom is 0.138 e. The summed E-state index contributed by atoms with van der Waals surface area (Å²) < 4.78 is 18.3. The minimum absolute atomic E-state index is 0. The third-order valence-corrected chi connectivity index (χ3v) is 4.94. The van der Waals surface area contributed by atoms with Gasteiger partial charge < -0.3 is 19.3 Å². The average Bonchev–Trinajstić information content (AvgIpc) is 2.92. The number of phenols is 1. The fourth-order valence-corrected chi connectivity index (χ4v) is 3.76.